The zero-order chi connectivity index (χ0) is 19.4. The second-order valence-electron chi connectivity index (χ2n) is 6.00. The molecule has 0 bridgehead atoms. The van der Waals surface area contributed by atoms with E-state index in [0.717, 1.165) is 15.5 Å². The van der Waals surface area contributed by atoms with Crippen molar-refractivity contribution in [2.24, 2.45) is 14.1 Å². The van der Waals surface area contributed by atoms with Gasteiger partial charge in [-0.25, -0.2) is 4.79 Å². The van der Waals surface area contributed by atoms with E-state index >= 15 is 0 Å². The number of anilines is 1. The molecule has 8 heteroatoms. The fraction of sp³-hybridized carbons (Fsp3) is 0.263. The predicted molar refractivity (Wildman–Crippen MR) is 102 cm³/mol. The smallest absolute Gasteiger partial charge is 0.332 e. The number of nitriles is 1. The standard InChI is InChI=1S/C19H19N5O3/c1-23-17(14(12-20)18(25)24(2)19(23)26)22-10-5-11-27-15-8-3-6-13-7-4-9-21-16(13)15/h3-4,6-9,22H,5,10-11H2,1-2H3. The van der Waals surface area contributed by atoms with Crippen LogP contribution >= 0.6 is 0 Å². The van der Waals surface area contributed by atoms with Gasteiger partial charge in [0.2, 0.25) is 0 Å². The first-order chi connectivity index (χ1) is 13.0. The number of nitrogens with zero attached hydrogens (tertiary/aromatic N) is 4. The van der Waals surface area contributed by atoms with Crippen LogP contribution in [0.25, 0.3) is 10.9 Å². The maximum atomic E-state index is 12.0. The van der Waals surface area contributed by atoms with Crippen molar-refractivity contribution in [2.45, 2.75) is 6.42 Å². The van der Waals surface area contributed by atoms with Crippen LogP contribution in [-0.4, -0.2) is 27.3 Å². The minimum Gasteiger partial charge on any atom is -0.491 e. The molecule has 0 aliphatic rings. The van der Waals surface area contributed by atoms with Gasteiger partial charge in [0.25, 0.3) is 5.56 Å². The summed E-state index contributed by atoms with van der Waals surface area (Å²) in [5, 5.41) is 13.2. The van der Waals surface area contributed by atoms with E-state index in [2.05, 4.69) is 10.3 Å². The molecule has 0 unspecified atom stereocenters. The molecule has 0 spiro atoms. The molecule has 27 heavy (non-hydrogen) atoms. The van der Waals surface area contributed by atoms with Crippen LogP contribution in [0.2, 0.25) is 0 Å². The van der Waals surface area contributed by atoms with Crippen molar-refractivity contribution in [3.63, 3.8) is 0 Å². The van der Waals surface area contributed by atoms with Crippen molar-refractivity contribution < 1.29 is 4.74 Å². The van der Waals surface area contributed by atoms with Gasteiger partial charge >= 0.3 is 5.69 Å². The van der Waals surface area contributed by atoms with Crippen molar-refractivity contribution in [3.05, 3.63) is 62.9 Å². The number of fused-ring (bicyclic) bond motifs is 1. The number of para-hydroxylation sites is 1. The lowest BCUT2D eigenvalue weighted by Gasteiger charge is -2.14. The molecule has 0 saturated carbocycles. The van der Waals surface area contributed by atoms with Gasteiger partial charge < -0.3 is 10.1 Å². The summed E-state index contributed by atoms with van der Waals surface area (Å²) in [5.74, 6) is 0.921. The Morgan fingerprint density at radius 1 is 1.19 bits per heavy atom. The maximum Gasteiger partial charge on any atom is 0.332 e. The number of aromatic nitrogens is 3. The van der Waals surface area contributed by atoms with Crippen LogP contribution in [-0.2, 0) is 14.1 Å². The minimum atomic E-state index is -0.610. The van der Waals surface area contributed by atoms with Gasteiger partial charge in [0, 0.05) is 32.2 Å². The third-order valence-electron chi connectivity index (χ3n) is 4.24. The maximum absolute atomic E-state index is 12.0. The highest BCUT2D eigenvalue weighted by molar-refractivity contribution is 5.84. The molecule has 2 heterocycles. The monoisotopic (exact) mass is 365 g/mol. The summed E-state index contributed by atoms with van der Waals surface area (Å²) in [6.45, 7) is 0.858. The van der Waals surface area contributed by atoms with Crippen molar-refractivity contribution in [1.29, 1.82) is 5.26 Å². The van der Waals surface area contributed by atoms with Crippen molar-refractivity contribution in [2.75, 3.05) is 18.5 Å². The molecule has 8 nitrogen and oxygen atoms in total. The number of rotatable bonds is 6. The normalized spacial score (nSPS) is 10.6. The number of hydrogen-bond donors (Lipinski definition) is 1. The Balaban J connectivity index is 1.65. The van der Waals surface area contributed by atoms with Crippen LogP contribution < -0.4 is 21.3 Å². The van der Waals surface area contributed by atoms with Gasteiger partial charge in [0.15, 0.2) is 5.56 Å². The second-order valence-corrected chi connectivity index (χ2v) is 6.00. The van der Waals surface area contributed by atoms with Crippen LogP contribution in [0.3, 0.4) is 0 Å². The predicted octanol–water partition coefficient (Wildman–Crippen LogP) is 1.38. The van der Waals surface area contributed by atoms with Crippen LogP contribution in [0.15, 0.2) is 46.1 Å². The summed E-state index contributed by atoms with van der Waals surface area (Å²) in [4.78, 5) is 28.4. The highest BCUT2D eigenvalue weighted by atomic mass is 16.5. The number of pyridine rings is 1. The van der Waals surface area contributed by atoms with Crippen molar-refractivity contribution >= 4 is 16.7 Å². The van der Waals surface area contributed by atoms with E-state index in [-0.39, 0.29) is 11.4 Å². The van der Waals surface area contributed by atoms with Gasteiger partial charge in [-0.2, -0.15) is 5.26 Å². The molecule has 0 fully saturated rings. The molecule has 0 atom stereocenters. The molecule has 0 amide bonds. The third kappa shape index (κ3) is 3.53. The lowest BCUT2D eigenvalue weighted by molar-refractivity contribution is 0.318. The second kappa shape index (κ2) is 7.74. The molecular formula is C19H19N5O3. The van der Waals surface area contributed by atoms with Gasteiger partial charge in [-0.15, -0.1) is 0 Å². The summed E-state index contributed by atoms with van der Waals surface area (Å²) >= 11 is 0. The van der Waals surface area contributed by atoms with Gasteiger partial charge in [-0.3, -0.25) is 18.9 Å². The summed E-state index contributed by atoms with van der Waals surface area (Å²) in [7, 11) is 2.87. The van der Waals surface area contributed by atoms with Gasteiger partial charge in [-0.05, 0) is 18.6 Å². The van der Waals surface area contributed by atoms with E-state index < -0.39 is 11.2 Å². The Hall–Kier alpha value is -3.60. The Morgan fingerprint density at radius 2 is 1.96 bits per heavy atom. The fourth-order valence-electron chi connectivity index (χ4n) is 2.81. The SMILES string of the molecule is Cn1c(NCCCOc2cccc3cccnc23)c(C#N)c(=O)n(C)c1=O. The van der Waals surface area contributed by atoms with E-state index in [1.807, 2.05) is 36.4 Å². The molecule has 1 N–H and O–H groups in total. The molecule has 0 saturated heterocycles. The number of benzene rings is 1. The van der Waals surface area contributed by atoms with Gasteiger partial charge in [0.05, 0.1) is 6.61 Å². The van der Waals surface area contributed by atoms with Crippen molar-refractivity contribution in [3.8, 4) is 11.8 Å². The van der Waals surface area contributed by atoms with E-state index in [1.54, 1.807) is 6.20 Å². The third-order valence-corrected chi connectivity index (χ3v) is 4.24. The van der Waals surface area contributed by atoms with E-state index in [0.29, 0.717) is 25.3 Å². The topological polar surface area (TPSA) is 102 Å². The van der Waals surface area contributed by atoms with E-state index in [4.69, 9.17) is 4.74 Å². The zero-order valence-corrected chi connectivity index (χ0v) is 15.1. The lowest BCUT2D eigenvalue weighted by Crippen LogP contribution is -2.40. The summed E-state index contributed by atoms with van der Waals surface area (Å²) < 4.78 is 7.99. The largest absolute Gasteiger partial charge is 0.491 e. The first-order valence-corrected chi connectivity index (χ1v) is 8.45. The first-order valence-electron chi connectivity index (χ1n) is 8.45. The van der Waals surface area contributed by atoms with Crippen molar-refractivity contribution in [1.82, 2.24) is 14.1 Å². The molecule has 3 rings (SSSR count). The van der Waals surface area contributed by atoms with Crippen LogP contribution in [0.4, 0.5) is 5.82 Å². The highest BCUT2D eigenvalue weighted by Crippen LogP contribution is 2.22. The van der Waals surface area contributed by atoms with Gasteiger partial charge in [-0.1, -0.05) is 18.2 Å². The number of ether oxygens (including phenoxy) is 1. The average molecular weight is 365 g/mol. The quantitative estimate of drug-likeness (QED) is 0.662. The first kappa shape index (κ1) is 18.2. The Bertz CT molecular complexity index is 1140. The molecule has 0 aliphatic carbocycles. The molecule has 2 aromatic heterocycles. The summed E-state index contributed by atoms with van der Waals surface area (Å²) in [6, 6.07) is 11.4. The molecular weight excluding hydrogens is 346 g/mol. The Morgan fingerprint density at radius 3 is 2.74 bits per heavy atom. The lowest BCUT2D eigenvalue weighted by atomic mass is 10.2. The minimum absolute atomic E-state index is 0.0845. The average Bonchev–Trinajstić information content (AvgIpc) is 2.70. The molecule has 0 radical (unpaired) electrons. The van der Waals surface area contributed by atoms with Crippen LogP contribution in [0, 0.1) is 11.3 Å². The molecule has 1 aromatic carbocycles. The number of nitrogens with one attached hydrogen (secondary N) is 1. The van der Waals surface area contributed by atoms with E-state index in [9.17, 15) is 14.9 Å². The Kier molecular flexibility index (Phi) is 5.22. The van der Waals surface area contributed by atoms with Gasteiger partial charge in [0.1, 0.15) is 23.2 Å². The summed E-state index contributed by atoms with van der Waals surface area (Å²) in [6.07, 6.45) is 2.33. The fourth-order valence-corrected chi connectivity index (χ4v) is 2.81. The molecule has 0 aliphatic heterocycles. The summed E-state index contributed by atoms with van der Waals surface area (Å²) in [5.41, 5.74) is -0.381. The van der Waals surface area contributed by atoms with Crippen LogP contribution in [0.1, 0.15) is 12.0 Å². The van der Waals surface area contributed by atoms with E-state index in [1.165, 1.54) is 18.7 Å². The van der Waals surface area contributed by atoms with Crippen LogP contribution in [0.5, 0.6) is 5.75 Å². The zero-order valence-electron chi connectivity index (χ0n) is 15.1. The highest BCUT2D eigenvalue weighted by Gasteiger charge is 2.14. The Labute approximate surface area is 155 Å². The molecule has 3 aromatic rings. The number of hydrogen-bond acceptors (Lipinski definition) is 6. The molecule has 138 valence electrons.